The third-order valence-electron chi connectivity index (χ3n) is 4.22. The number of amides is 1. The maximum absolute atomic E-state index is 13.5. The molecule has 2 aromatic rings. The highest BCUT2D eigenvalue weighted by atomic mass is 19.1. The van der Waals surface area contributed by atoms with Crippen molar-refractivity contribution in [2.45, 2.75) is 38.1 Å². The number of carbonyl (C=O) groups excluding carboxylic acids is 1. The summed E-state index contributed by atoms with van der Waals surface area (Å²) in [5.41, 5.74) is 0.536. The molecule has 1 aromatic heterocycles. The minimum absolute atomic E-state index is 0.00260. The maximum Gasteiger partial charge on any atom is 0.280 e. The zero-order valence-electron chi connectivity index (χ0n) is 12.8. The number of aromatic amines is 1. The van der Waals surface area contributed by atoms with Crippen molar-refractivity contribution in [1.82, 2.24) is 10.1 Å². The van der Waals surface area contributed by atoms with Crippen LogP contribution in [0.1, 0.15) is 43.0 Å². The largest absolute Gasteiger partial charge is 0.384 e. The van der Waals surface area contributed by atoms with Crippen molar-refractivity contribution in [2.24, 2.45) is 0 Å². The molecule has 1 aromatic carbocycles. The van der Waals surface area contributed by atoms with Crippen LogP contribution in [0, 0.1) is 5.82 Å². The summed E-state index contributed by atoms with van der Waals surface area (Å²) >= 11 is 0. The van der Waals surface area contributed by atoms with Gasteiger partial charge >= 0.3 is 0 Å². The molecule has 1 atom stereocenters. The van der Waals surface area contributed by atoms with Gasteiger partial charge in [0, 0.05) is 25.5 Å². The van der Waals surface area contributed by atoms with Crippen molar-refractivity contribution < 1.29 is 13.7 Å². The first-order valence-electron chi connectivity index (χ1n) is 7.86. The van der Waals surface area contributed by atoms with Crippen molar-refractivity contribution >= 4 is 5.91 Å². The minimum atomic E-state index is -0.303. The van der Waals surface area contributed by atoms with Gasteiger partial charge < -0.3 is 9.42 Å². The molecule has 0 radical (unpaired) electrons. The van der Waals surface area contributed by atoms with Crippen LogP contribution in [0.25, 0.3) is 0 Å². The number of likely N-dealkylation sites (tertiary alicyclic amines) is 1. The van der Waals surface area contributed by atoms with Crippen LogP contribution < -0.4 is 5.56 Å². The molecule has 122 valence electrons. The summed E-state index contributed by atoms with van der Waals surface area (Å²) in [5.74, 6) is 0.194. The summed E-state index contributed by atoms with van der Waals surface area (Å²) in [6.07, 6.45) is 3.47. The van der Waals surface area contributed by atoms with Crippen LogP contribution >= 0.6 is 0 Å². The fourth-order valence-corrected chi connectivity index (χ4v) is 3.11. The first kappa shape index (κ1) is 15.5. The van der Waals surface area contributed by atoms with Gasteiger partial charge in [-0.15, -0.1) is 0 Å². The number of aryl methyl sites for hydroxylation is 1. The average molecular weight is 318 g/mol. The van der Waals surface area contributed by atoms with Crippen LogP contribution in [0.2, 0.25) is 0 Å². The van der Waals surface area contributed by atoms with E-state index in [1.165, 1.54) is 18.2 Å². The van der Waals surface area contributed by atoms with Crippen molar-refractivity contribution in [3.8, 4) is 0 Å². The minimum Gasteiger partial charge on any atom is -0.384 e. The van der Waals surface area contributed by atoms with E-state index in [-0.39, 0.29) is 29.7 Å². The molecule has 1 amide bonds. The molecule has 0 saturated carbocycles. The highest BCUT2D eigenvalue weighted by molar-refractivity contribution is 5.77. The molecule has 1 aliphatic rings. The highest BCUT2D eigenvalue weighted by Crippen LogP contribution is 2.31. The summed E-state index contributed by atoms with van der Waals surface area (Å²) in [4.78, 5) is 25.4. The van der Waals surface area contributed by atoms with E-state index in [9.17, 15) is 14.0 Å². The van der Waals surface area contributed by atoms with E-state index >= 15 is 0 Å². The average Bonchev–Trinajstić information content (AvgIpc) is 2.98. The van der Waals surface area contributed by atoms with Crippen LogP contribution in [-0.2, 0) is 11.2 Å². The first-order chi connectivity index (χ1) is 11.1. The summed E-state index contributed by atoms with van der Waals surface area (Å²) in [6.45, 7) is 0.678. The van der Waals surface area contributed by atoms with Gasteiger partial charge in [0.25, 0.3) is 5.56 Å². The van der Waals surface area contributed by atoms with Gasteiger partial charge in [-0.05, 0) is 37.0 Å². The second kappa shape index (κ2) is 6.81. The van der Waals surface area contributed by atoms with Gasteiger partial charge in [0.05, 0.1) is 6.04 Å². The molecule has 6 heteroatoms. The van der Waals surface area contributed by atoms with Gasteiger partial charge in [0.15, 0.2) is 0 Å². The van der Waals surface area contributed by atoms with Crippen molar-refractivity contribution in [2.75, 3.05) is 6.54 Å². The number of nitrogens with one attached hydrogen (secondary N) is 1. The maximum atomic E-state index is 13.5. The Kier molecular flexibility index (Phi) is 4.60. The fraction of sp³-hybridized carbons (Fsp3) is 0.412. The molecule has 1 saturated heterocycles. The monoisotopic (exact) mass is 318 g/mol. The van der Waals surface area contributed by atoms with Gasteiger partial charge in [-0.3, -0.25) is 9.59 Å². The molecule has 23 heavy (non-hydrogen) atoms. The first-order valence-corrected chi connectivity index (χ1v) is 7.86. The molecule has 1 N–H and O–H groups in total. The van der Waals surface area contributed by atoms with Gasteiger partial charge in [-0.1, -0.05) is 12.1 Å². The number of halogens is 1. The Bertz CT molecular complexity index is 737. The fourth-order valence-electron chi connectivity index (χ4n) is 3.11. The molecule has 0 aliphatic carbocycles. The van der Waals surface area contributed by atoms with Crippen LogP contribution in [0.15, 0.2) is 39.6 Å². The molecule has 1 aliphatic heterocycles. The summed E-state index contributed by atoms with van der Waals surface area (Å²) in [7, 11) is 0. The Hall–Kier alpha value is -2.37. The quantitative estimate of drug-likeness (QED) is 0.942. The Morgan fingerprint density at radius 2 is 2.22 bits per heavy atom. The molecule has 0 spiro atoms. The number of rotatable bonds is 4. The van der Waals surface area contributed by atoms with E-state index < -0.39 is 0 Å². The number of benzene rings is 1. The van der Waals surface area contributed by atoms with Crippen LogP contribution in [0.5, 0.6) is 0 Å². The number of aromatic nitrogens is 1. The molecule has 1 unspecified atom stereocenters. The van der Waals surface area contributed by atoms with E-state index in [1.807, 2.05) is 11.0 Å². The van der Waals surface area contributed by atoms with Crippen molar-refractivity contribution in [3.05, 3.63) is 57.8 Å². The summed E-state index contributed by atoms with van der Waals surface area (Å²) in [5, 5.41) is 2.22. The van der Waals surface area contributed by atoms with Gasteiger partial charge in [0.2, 0.25) is 5.91 Å². The lowest BCUT2D eigenvalue weighted by molar-refractivity contribution is -0.135. The normalized spacial score (nSPS) is 18.1. The number of H-pyrrole nitrogens is 1. The molecule has 0 bridgehead atoms. The standard InChI is InChI=1S/C17H19FN2O3/c18-13-5-3-4-12(10-13)15-6-1-2-9-20(15)17(22)8-7-14-11-16(21)19-23-14/h3-5,10-11,15H,1-2,6-9H2,(H,19,21). The Labute approximate surface area is 133 Å². The second-order valence-electron chi connectivity index (χ2n) is 5.83. The van der Waals surface area contributed by atoms with E-state index in [0.717, 1.165) is 24.8 Å². The smallest absolute Gasteiger partial charge is 0.280 e. The number of hydrogen-bond donors (Lipinski definition) is 1. The number of hydrogen-bond acceptors (Lipinski definition) is 3. The summed E-state index contributed by atoms with van der Waals surface area (Å²) in [6, 6.07) is 7.73. The number of nitrogens with zero attached hydrogens (tertiary/aromatic N) is 1. The predicted molar refractivity (Wildman–Crippen MR) is 82.4 cm³/mol. The van der Waals surface area contributed by atoms with Gasteiger partial charge in [0.1, 0.15) is 11.6 Å². The van der Waals surface area contributed by atoms with Crippen LogP contribution in [-0.4, -0.2) is 22.5 Å². The van der Waals surface area contributed by atoms with Crippen molar-refractivity contribution in [3.63, 3.8) is 0 Å². The number of piperidine rings is 1. The van der Waals surface area contributed by atoms with Crippen LogP contribution in [0.4, 0.5) is 4.39 Å². The van der Waals surface area contributed by atoms with E-state index in [0.29, 0.717) is 18.7 Å². The molecule has 2 heterocycles. The topological polar surface area (TPSA) is 66.3 Å². The second-order valence-corrected chi connectivity index (χ2v) is 5.83. The highest BCUT2D eigenvalue weighted by Gasteiger charge is 2.28. The molecular weight excluding hydrogens is 299 g/mol. The van der Waals surface area contributed by atoms with E-state index in [4.69, 9.17) is 4.52 Å². The van der Waals surface area contributed by atoms with Crippen LogP contribution in [0.3, 0.4) is 0 Å². The van der Waals surface area contributed by atoms with Gasteiger partial charge in [-0.25, -0.2) is 4.39 Å². The molecule has 1 fully saturated rings. The molecule has 3 rings (SSSR count). The zero-order valence-corrected chi connectivity index (χ0v) is 12.8. The molecule has 5 nitrogen and oxygen atoms in total. The van der Waals surface area contributed by atoms with Gasteiger partial charge in [-0.2, -0.15) is 5.16 Å². The Morgan fingerprint density at radius 1 is 1.35 bits per heavy atom. The lowest BCUT2D eigenvalue weighted by atomic mass is 9.94. The molecular formula is C17H19FN2O3. The lowest BCUT2D eigenvalue weighted by Crippen LogP contribution is -2.38. The number of carbonyl (C=O) groups is 1. The third-order valence-corrected chi connectivity index (χ3v) is 4.22. The third kappa shape index (κ3) is 3.70. The Morgan fingerprint density at radius 3 is 2.96 bits per heavy atom. The Balaban J connectivity index is 1.70. The predicted octanol–water partition coefficient (Wildman–Crippen LogP) is 2.79. The van der Waals surface area contributed by atoms with E-state index in [1.54, 1.807) is 6.07 Å². The summed E-state index contributed by atoms with van der Waals surface area (Å²) < 4.78 is 18.4. The van der Waals surface area contributed by atoms with Crippen molar-refractivity contribution in [1.29, 1.82) is 0 Å². The zero-order chi connectivity index (χ0) is 16.2. The SMILES string of the molecule is O=C(CCc1cc(=O)[nH]o1)N1CCCCC1c1cccc(F)c1. The van der Waals surface area contributed by atoms with E-state index in [2.05, 4.69) is 5.16 Å². The lowest BCUT2D eigenvalue weighted by Gasteiger charge is -2.36.